The van der Waals surface area contributed by atoms with E-state index in [0.29, 0.717) is 12.1 Å². The van der Waals surface area contributed by atoms with Crippen molar-refractivity contribution < 1.29 is 14.3 Å². The Morgan fingerprint density at radius 1 is 0.914 bits per heavy atom. The van der Waals surface area contributed by atoms with Gasteiger partial charge >= 0.3 is 0 Å². The highest BCUT2D eigenvalue weighted by molar-refractivity contribution is 6.37. The molecule has 35 heavy (non-hydrogen) atoms. The van der Waals surface area contributed by atoms with Gasteiger partial charge in [-0.1, -0.05) is 48.5 Å². The average Bonchev–Trinajstić information content (AvgIpc) is 3.19. The van der Waals surface area contributed by atoms with Crippen LogP contribution in [0.4, 0.5) is 17.1 Å². The minimum Gasteiger partial charge on any atom is -0.375 e. The Balaban J connectivity index is 1.68. The third-order valence-electron chi connectivity index (χ3n) is 5.77. The highest BCUT2D eigenvalue weighted by atomic mass is 16.5. The first-order chi connectivity index (χ1) is 17.0. The van der Waals surface area contributed by atoms with Gasteiger partial charge in [-0.2, -0.15) is 0 Å². The van der Waals surface area contributed by atoms with Crippen LogP contribution in [-0.2, 0) is 14.3 Å². The molecule has 0 bridgehead atoms. The Bertz CT molecular complexity index is 1220. The number of carbonyl (C=O) groups excluding carboxylic acids is 2. The van der Waals surface area contributed by atoms with Crippen molar-refractivity contribution in [3.8, 4) is 0 Å². The van der Waals surface area contributed by atoms with Crippen LogP contribution < -0.4 is 15.5 Å². The second-order valence-electron chi connectivity index (χ2n) is 8.57. The summed E-state index contributed by atoms with van der Waals surface area (Å²) < 4.78 is 5.07. The van der Waals surface area contributed by atoms with Crippen molar-refractivity contribution in [1.82, 2.24) is 4.90 Å². The SMILES string of the molecule is COCC(=O)N(CCN(C)C)c1ccc(NC(=C2C(=O)Nc3ccccc32)c2ccccc2)cc1. The molecule has 0 fully saturated rings. The van der Waals surface area contributed by atoms with E-state index < -0.39 is 0 Å². The number of methoxy groups -OCH3 is 1. The Morgan fingerprint density at radius 3 is 2.29 bits per heavy atom. The van der Waals surface area contributed by atoms with E-state index in [2.05, 4.69) is 10.6 Å². The minimum atomic E-state index is -0.144. The molecule has 1 aliphatic rings. The lowest BCUT2D eigenvalue weighted by Gasteiger charge is -2.25. The molecule has 0 saturated carbocycles. The first kappa shape index (κ1) is 24.2. The van der Waals surface area contributed by atoms with Crippen LogP contribution in [0.3, 0.4) is 0 Å². The number of fused-ring (bicyclic) bond motifs is 1. The zero-order valence-electron chi connectivity index (χ0n) is 20.2. The maximum atomic E-state index is 13.0. The van der Waals surface area contributed by atoms with Crippen LogP contribution in [0, 0.1) is 0 Å². The fourth-order valence-electron chi connectivity index (χ4n) is 4.02. The maximum Gasteiger partial charge on any atom is 0.258 e. The molecule has 1 aliphatic heterocycles. The molecule has 2 amide bonds. The smallest absolute Gasteiger partial charge is 0.258 e. The van der Waals surface area contributed by atoms with E-state index in [1.165, 1.54) is 7.11 Å². The number of nitrogens with zero attached hydrogens (tertiary/aromatic N) is 2. The third-order valence-corrected chi connectivity index (χ3v) is 5.77. The molecule has 3 aromatic carbocycles. The number of hydrogen-bond donors (Lipinski definition) is 2. The molecule has 0 aromatic heterocycles. The molecular weight excluding hydrogens is 440 g/mol. The van der Waals surface area contributed by atoms with Gasteiger partial charge < -0.3 is 25.2 Å². The number of nitrogens with one attached hydrogen (secondary N) is 2. The quantitative estimate of drug-likeness (QED) is 0.460. The molecule has 1 heterocycles. The first-order valence-electron chi connectivity index (χ1n) is 11.5. The highest BCUT2D eigenvalue weighted by Crippen LogP contribution is 2.37. The summed E-state index contributed by atoms with van der Waals surface area (Å²) in [5.74, 6) is -0.240. The summed E-state index contributed by atoms with van der Waals surface area (Å²) >= 11 is 0. The number of amides is 2. The summed E-state index contributed by atoms with van der Waals surface area (Å²) in [6.07, 6.45) is 0. The summed E-state index contributed by atoms with van der Waals surface area (Å²) in [4.78, 5) is 29.4. The average molecular weight is 471 g/mol. The Hall–Kier alpha value is -3.94. The summed E-state index contributed by atoms with van der Waals surface area (Å²) in [6.45, 7) is 1.30. The lowest BCUT2D eigenvalue weighted by atomic mass is 10.00. The van der Waals surface area contributed by atoms with Gasteiger partial charge in [-0.15, -0.1) is 0 Å². The number of ether oxygens (including phenoxy) is 1. The van der Waals surface area contributed by atoms with Gasteiger partial charge in [0.15, 0.2) is 0 Å². The largest absolute Gasteiger partial charge is 0.375 e. The molecule has 0 radical (unpaired) electrons. The van der Waals surface area contributed by atoms with Crippen molar-refractivity contribution in [2.24, 2.45) is 0 Å². The number of para-hydroxylation sites is 1. The molecule has 7 nitrogen and oxygen atoms in total. The molecule has 0 spiro atoms. The molecule has 0 aliphatic carbocycles. The van der Waals surface area contributed by atoms with Gasteiger partial charge in [-0.05, 0) is 50.0 Å². The molecule has 0 saturated heterocycles. The Kier molecular flexibility index (Phi) is 7.60. The topological polar surface area (TPSA) is 73.9 Å². The maximum absolute atomic E-state index is 13.0. The number of anilines is 3. The van der Waals surface area contributed by atoms with Crippen molar-refractivity contribution >= 4 is 40.1 Å². The zero-order valence-corrected chi connectivity index (χ0v) is 20.2. The van der Waals surface area contributed by atoms with Crippen molar-refractivity contribution in [3.05, 3.63) is 90.0 Å². The van der Waals surface area contributed by atoms with Gasteiger partial charge in [0.25, 0.3) is 11.8 Å². The molecule has 4 rings (SSSR count). The van der Waals surface area contributed by atoms with Gasteiger partial charge in [-0.25, -0.2) is 0 Å². The first-order valence-corrected chi connectivity index (χ1v) is 11.5. The molecule has 2 N–H and O–H groups in total. The van der Waals surface area contributed by atoms with Crippen LogP contribution in [0.1, 0.15) is 11.1 Å². The van der Waals surface area contributed by atoms with E-state index in [1.54, 1.807) is 4.90 Å². The van der Waals surface area contributed by atoms with E-state index in [4.69, 9.17) is 4.74 Å². The van der Waals surface area contributed by atoms with Gasteiger partial charge in [-0.3, -0.25) is 9.59 Å². The van der Waals surface area contributed by atoms with Gasteiger partial charge in [0.1, 0.15) is 6.61 Å². The van der Waals surface area contributed by atoms with E-state index in [-0.39, 0.29) is 18.4 Å². The predicted molar refractivity (Wildman–Crippen MR) is 141 cm³/mol. The van der Waals surface area contributed by atoms with Gasteiger partial charge in [0.05, 0.1) is 11.3 Å². The van der Waals surface area contributed by atoms with Crippen LogP contribution in [0.5, 0.6) is 0 Å². The van der Waals surface area contributed by atoms with Crippen LogP contribution in [0.25, 0.3) is 11.3 Å². The Morgan fingerprint density at radius 2 is 1.60 bits per heavy atom. The highest BCUT2D eigenvalue weighted by Gasteiger charge is 2.28. The summed E-state index contributed by atoms with van der Waals surface area (Å²) in [7, 11) is 5.47. The summed E-state index contributed by atoms with van der Waals surface area (Å²) in [6, 6.07) is 25.1. The predicted octanol–water partition coefficient (Wildman–Crippen LogP) is 4.16. The van der Waals surface area contributed by atoms with E-state index >= 15 is 0 Å². The normalized spacial score (nSPS) is 13.9. The van der Waals surface area contributed by atoms with Crippen molar-refractivity contribution in [3.63, 3.8) is 0 Å². The number of carbonyl (C=O) groups is 2. The van der Waals surface area contributed by atoms with Crippen LogP contribution in [0.2, 0.25) is 0 Å². The number of likely N-dealkylation sites (N-methyl/N-ethyl adjacent to an activating group) is 1. The standard InChI is InChI=1S/C28H30N4O3/c1-31(2)17-18-32(25(33)19-35-3)22-15-13-21(14-16-22)29-27(20-9-5-4-6-10-20)26-23-11-7-8-12-24(23)30-28(26)34/h4-16,29H,17-19H2,1-3H3,(H,30,34). The molecule has 7 heteroatoms. The number of benzene rings is 3. The minimum absolute atomic E-state index is 0.0200. The van der Waals surface area contributed by atoms with Crippen LogP contribution >= 0.6 is 0 Å². The second kappa shape index (κ2) is 11.0. The van der Waals surface area contributed by atoms with E-state index in [0.717, 1.165) is 40.4 Å². The number of rotatable bonds is 9. The van der Waals surface area contributed by atoms with E-state index in [1.807, 2.05) is 97.9 Å². The molecule has 180 valence electrons. The van der Waals surface area contributed by atoms with Crippen molar-refractivity contribution in [1.29, 1.82) is 0 Å². The zero-order chi connectivity index (χ0) is 24.8. The molecule has 0 unspecified atom stereocenters. The second-order valence-corrected chi connectivity index (χ2v) is 8.57. The fraction of sp³-hybridized carbons (Fsp3) is 0.214. The fourth-order valence-corrected chi connectivity index (χ4v) is 4.02. The summed E-state index contributed by atoms with van der Waals surface area (Å²) in [5.41, 5.74) is 5.48. The Labute approximate surface area is 206 Å². The summed E-state index contributed by atoms with van der Waals surface area (Å²) in [5, 5.41) is 6.42. The van der Waals surface area contributed by atoms with Gasteiger partial charge in [0, 0.05) is 42.8 Å². The lowest BCUT2D eigenvalue weighted by Crippen LogP contribution is -2.38. The third kappa shape index (κ3) is 5.59. The monoisotopic (exact) mass is 470 g/mol. The number of hydrogen-bond acceptors (Lipinski definition) is 5. The van der Waals surface area contributed by atoms with Crippen LogP contribution in [0.15, 0.2) is 78.9 Å². The molecular formula is C28H30N4O3. The van der Waals surface area contributed by atoms with Crippen molar-refractivity contribution in [2.75, 3.05) is 56.4 Å². The van der Waals surface area contributed by atoms with Gasteiger partial charge in [0.2, 0.25) is 0 Å². The molecule has 3 aromatic rings. The lowest BCUT2D eigenvalue weighted by molar-refractivity contribution is -0.122. The van der Waals surface area contributed by atoms with E-state index in [9.17, 15) is 9.59 Å². The molecule has 0 atom stereocenters. The van der Waals surface area contributed by atoms with Crippen molar-refractivity contribution in [2.45, 2.75) is 0 Å². The van der Waals surface area contributed by atoms with Crippen LogP contribution in [-0.4, -0.2) is 57.6 Å².